The van der Waals surface area contributed by atoms with E-state index in [2.05, 4.69) is 39.8 Å². The van der Waals surface area contributed by atoms with Crippen molar-refractivity contribution >= 4 is 23.6 Å². The first-order chi connectivity index (χ1) is 22.9. The van der Waals surface area contributed by atoms with E-state index in [1.165, 1.54) is 0 Å². The molecule has 0 unspecified atom stereocenters. The number of carboxylic acid groups (broad SMARTS) is 1. The minimum Gasteiger partial charge on any atom is -0.481 e. The van der Waals surface area contributed by atoms with Crippen LogP contribution in [0.15, 0.2) is 84.3 Å². The van der Waals surface area contributed by atoms with Gasteiger partial charge in [0.25, 0.3) is 0 Å². The Labute approximate surface area is 279 Å². The van der Waals surface area contributed by atoms with E-state index in [9.17, 15) is 14.7 Å². The van der Waals surface area contributed by atoms with Gasteiger partial charge in [-0.05, 0) is 46.7 Å². The fraction of sp³-hybridized carbons (Fsp3) is 0.389. The first-order valence-corrected chi connectivity index (χ1v) is 17.0. The maximum atomic E-state index is 12.3. The number of carbonyl (C=O) groups excluding carboxylic acids is 1. The number of rotatable bonds is 16. The van der Waals surface area contributed by atoms with Crippen molar-refractivity contribution in [3.63, 3.8) is 0 Å². The van der Waals surface area contributed by atoms with Crippen LogP contribution in [0.2, 0.25) is 0 Å². The summed E-state index contributed by atoms with van der Waals surface area (Å²) in [6.45, 7) is 0.444. The maximum Gasteiger partial charge on any atom is 0.303 e. The molecule has 0 radical (unpaired) electrons. The zero-order valence-corrected chi connectivity index (χ0v) is 27.4. The Bertz CT molecular complexity index is 1590. The van der Waals surface area contributed by atoms with Gasteiger partial charge in [-0.3, -0.25) is 9.59 Å². The zero-order valence-electron chi connectivity index (χ0n) is 26.6. The number of benzene rings is 3. The van der Waals surface area contributed by atoms with Crippen LogP contribution in [0, 0.1) is 0 Å². The number of thioether (sulfide) groups is 1. The third kappa shape index (κ3) is 10.2. The maximum absolute atomic E-state index is 12.3. The van der Waals surface area contributed by atoms with Crippen LogP contribution < -0.4 is 5.32 Å². The zero-order chi connectivity index (χ0) is 33.0. The van der Waals surface area contributed by atoms with Gasteiger partial charge in [-0.15, -0.1) is 10.2 Å². The molecule has 1 aliphatic heterocycles. The highest BCUT2D eigenvalue weighted by molar-refractivity contribution is 7.99. The van der Waals surface area contributed by atoms with E-state index in [1.807, 2.05) is 60.1 Å². The van der Waals surface area contributed by atoms with Crippen LogP contribution >= 0.6 is 11.8 Å². The van der Waals surface area contributed by atoms with E-state index in [1.54, 1.807) is 18.1 Å². The third-order valence-corrected chi connectivity index (χ3v) is 9.33. The fourth-order valence-corrected chi connectivity index (χ4v) is 6.40. The molecule has 1 amide bonds. The molecule has 2 heterocycles. The van der Waals surface area contributed by atoms with Gasteiger partial charge in [0.1, 0.15) is 6.33 Å². The van der Waals surface area contributed by atoms with Crippen molar-refractivity contribution in [2.75, 3.05) is 5.75 Å². The van der Waals surface area contributed by atoms with Gasteiger partial charge in [0.05, 0.1) is 18.8 Å². The van der Waals surface area contributed by atoms with Crippen molar-refractivity contribution in [3.8, 4) is 11.1 Å². The lowest BCUT2D eigenvalue weighted by atomic mass is 9.99. The van der Waals surface area contributed by atoms with Crippen LogP contribution in [0.3, 0.4) is 0 Å². The molecule has 47 heavy (non-hydrogen) atoms. The quantitative estimate of drug-likeness (QED) is 0.0929. The normalized spacial score (nSPS) is 17.8. The first kappa shape index (κ1) is 34.3. The van der Waals surface area contributed by atoms with Crippen LogP contribution in [-0.2, 0) is 39.3 Å². The summed E-state index contributed by atoms with van der Waals surface area (Å²) >= 11 is 1.61. The Morgan fingerprint density at radius 1 is 0.915 bits per heavy atom. The van der Waals surface area contributed by atoms with Crippen LogP contribution in [-0.4, -0.2) is 48.7 Å². The molecule has 1 aliphatic rings. The summed E-state index contributed by atoms with van der Waals surface area (Å²) in [5.41, 5.74) is 5.93. The molecule has 3 aromatic carbocycles. The monoisotopic (exact) mass is 658 g/mol. The van der Waals surface area contributed by atoms with Crippen molar-refractivity contribution in [2.45, 2.75) is 81.8 Å². The van der Waals surface area contributed by atoms with Gasteiger partial charge in [0, 0.05) is 44.2 Å². The lowest BCUT2D eigenvalue weighted by Gasteiger charge is -2.36. The predicted octanol–water partition coefficient (Wildman–Crippen LogP) is 6.35. The van der Waals surface area contributed by atoms with Crippen LogP contribution in [0.25, 0.3) is 11.1 Å². The average molecular weight is 659 g/mol. The van der Waals surface area contributed by atoms with Crippen molar-refractivity contribution < 1.29 is 29.3 Å². The minimum absolute atomic E-state index is 0.00130. The predicted molar refractivity (Wildman–Crippen MR) is 179 cm³/mol. The molecular weight excluding hydrogens is 616 g/mol. The highest BCUT2D eigenvalue weighted by Crippen LogP contribution is 2.39. The number of nitrogens with zero attached hydrogens (tertiary/aromatic N) is 3. The largest absolute Gasteiger partial charge is 0.481 e. The van der Waals surface area contributed by atoms with Crippen molar-refractivity contribution in [1.82, 2.24) is 20.1 Å². The Balaban J connectivity index is 1.20. The summed E-state index contributed by atoms with van der Waals surface area (Å²) in [6, 6.07) is 24.2. The smallest absolute Gasteiger partial charge is 0.303 e. The topological polar surface area (TPSA) is 136 Å². The minimum atomic E-state index is -0.775. The molecule has 1 fully saturated rings. The molecule has 0 spiro atoms. The van der Waals surface area contributed by atoms with E-state index in [4.69, 9.17) is 14.6 Å². The summed E-state index contributed by atoms with van der Waals surface area (Å²) in [7, 11) is 1.92. The van der Waals surface area contributed by atoms with E-state index in [-0.39, 0.29) is 31.1 Å². The number of carboxylic acids is 1. The summed E-state index contributed by atoms with van der Waals surface area (Å²) < 4.78 is 14.9. The van der Waals surface area contributed by atoms with Gasteiger partial charge < -0.3 is 29.6 Å². The number of nitrogens with one attached hydrogen (secondary N) is 1. The number of aryl methyl sites for hydroxylation is 1. The van der Waals surface area contributed by atoms with E-state index >= 15 is 0 Å². The Morgan fingerprint density at radius 2 is 1.66 bits per heavy atom. The first-order valence-electron chi connectivity index (χ1n) is 16.0. The summed E-state index contributed by atoms with van der Waals surface area (Å²) in [5, 5.41) is 30.2. The molecular formula is C36H42N4O6S. The van der Waals surface area contributed by atoms with E-state index < -0.39 is 12.3 Å². The Morgan fingerprint density at radius 3 is 2.36 bits per heavy atom. The van der Waals surface area contributed by atoms with Gasteiger partial charge in [-0.25, -0.2) is 0 Å². The summed E-state index contributed by atoms with van der Waals surface area (Å²) in [6.07, 6.45) is 5.27. The highest BCUT2D eigenvalue weighted by Gasteiger charge is 2.32. The molecule has 0 saturated carbocycles. The third-order valence-electron chi connectivity index (χ3n) is 8.16. The molecule has 3 N–H and O–H groups in total. The number of unbranched alkanes of at least 4 members (excludes halogenated alkanes) is 3. The van der Waals surface area contributed by atoms with Gasteiger partial charge in [0.15, 0.2) is 11.4 Å². The van der Waals surface area contributed by atoms with E-state index in [0.717, 1.165) is 57.8 Å². The second-order valence-electron chi connectivity index (χ2n) is 11.8. The molecule has 0 bridgehead atoms. The molecule has 10 nitrogen and oxygen atoms in total. The molecule has 1 aromatic heterocycles. The molecule has 5 rings (SSSR count). The molecule has 11 heteroatoms. The lowest BCUT2D eigenvalue weighted by Crippen LogP contribution is -2.31. The second-order valence-corrected chi connectivity index (χ2v) is 12.8. The number of ether oxygens (including phenoxy) is 2. The second kappa shape index (κ2) is 17.2. The van der Waals surface area contributed by atoms with Crippen molar-refractivity contribution in [3.05, 3.63) is 101 Å². The molecule has 0 aliphatic carbocycles. The molecule has 3 atom stereocenters. The SMILES string of the molecule is Cn1cnnc1SC[C@@H]1C[C@H](c2ccc(CO)cc2)O[C@H](c2ccc(-c3cccc(CNC(=O)CCCCCCC(=O)O)c3)cc2)O1. The highest BCUT2D eigenvalue weighted by atomic mass is 32.2. The number of hydrogen-bond acceptors (Lipinski definition) is 8. The number of aliphatic hydroxyl groups excluding tert-OH is 1. The molecule has 4 aromatic rings. The van der Waals surface area contributed by atoms with Crippen molar-refractivity contribution in [2.24, 2.45) is 7.05 Å². The van der Waals surface area contributed by atoms with Crippen LogP contribution in [0.4, 0.5) is 0 Å². The Hall–Kier alpha value is -4.03. The summed E-state index contributed by atoms with van der Waals surface area (Å²) in [5.74, 6) is -0.0734. The fourth-order valence-electron chi connectivity index (χ4n) is 5.49. The number of carbonyl (C=O) groups is 2. The van der Waals surface area contributed by atoms with Gasteiger partial charge in [0.2, 0.25) is 5.91 Å². The van der Waals surface area contributed by atoms with Gasteiger partial charge >= 0.3 is 5.97 Å². The van der Waals surface area contributed by atoms with Gasteiger partial charge in [-0.1, -0.05) is 91.3 Å². The van der Waals surface area contributed by atoms with Crippen molar-refractivity contribution in [1.29, 1.82) is 0 Å². The number of aliphatic carboxylic acids is 1. The number of amides is 1. The number of aliphatic hydroxyl groups is 1. The Kier molecular flexibility index (Phi) is 12.6. The average Bonchev–Trinajstić information content (AvgIpc) is 3.52. The lowest BCUT2D eigenvalue weighted by molar-refractivity contribution is -0.245. The number of aromatic nitrogens is 3. The molecule has 248 valence electrons. The van der Waals surface area contributed by atoms with Crippen LogP contribution in [0.5, 0.6) is 0 Å². The number of hydrogen-bond donors (Lipinski definition) is 3. The van der Waals surface area contributed by atoms with Crippen LogP contribution in [0.1, 0.15) is 79.6 Å². The van der Waals surface area contributed by atoms with Gasteiger partial charge in [-0.2, -0.15) is 0 Å². The van der Waals surface area contributed by atoms with E-state index in [0.29, 0.717) is 31.6 Å². The summed E-state index contributed by atoms with van der Waals surface area (Å²) in [4.78, 5) is 22.9. The standard InChI is InChI=1S/C36H42N4O6S/c1-40-24-38-39-36(40)47-23-31-20-32(28-13-11-25(22-41)12-14-28)46-35(45-31)29-17-15-27(16-18-29)30-8-6-7-26(19-30)21-37-33(42)9-4-2-3-5-10-34(43)44/h6-8,11-19,24,31-32,35,41H,2-5,9-10,20-23H2,1H3,(H,37,42)(H,43,44)/t31-,32+,35+/m0/s1. The molecule has 1 saturated heterocycles.